The van der Waals surface area contributed by atoms with Crippen molar-refractivity contribution in [1.82, 2.24) is 0 Å². The molecular weight excluding hydrogens is 376 g/mol. The summed E-state index contributed by atoms with van der Waals surface area (Å²) in [4.78, 5) is 1.14. The number of quaternary nitrogens is 1. The summed E-state index contributed by atoms with van der Waals surface area (Å²) in [6.45, 7) is 3.13. The van der Waals surface area contributed by atoms with Gasteiger partial charge in [-0.3, -0.25) is 0 Å². The van der Waals surface area contributed by atoms with Crippen LogP contribution in [-0.2, 0) is 4.74 Å². The lowest BCUT2D eigenvalue weighted by molar-refractivity contribution is -0.902. The standard InChI is InChI=1S/C20H16F4N2O2/c21-16-15(2-1-7-26-8-10-27-11-9-26)17(22)19(24)20(18(16)23)28-14-5-3-13(12-25)4-6-14/h1-6H,7-11H2/p+1/b2-1+. The van der Waals surface area contributed by atoms with Crippen LogP contribution in [0, 0.1) is 34.6 Å². The Hall–Kier alpha value is -2.89. The summed E-state index contributed by atoms with van der Waals surface area (Å²) in [5.41, 5.74) is -0.497. The highest BCUT2D eigenvalue weighted by atomic mass is 19.2. The van der Waals surface area contributed by atoms with E-state index in [1.165, 1.54) is 30.3 Å². The molecule has 1 saturated heterocycles. The molecule has 28 heavy (non-hydrogen) atoms. The summed E-state index contributed by atoms with van der Waals surface area (Å²) in [5, 5.41) is 8.74. The molecule has 1 N–H and O–H groups in total. The largest absolute Gasteiger partial charge is 0.451 e. The van der Waals surface area contributed by atoms with Crippen LogP contribution in [0.2, 0.25) is 0 Å². The number of halogens is 4. The molecule has 0 unspecified atom stereocenters. The molecule has 0 aromatic heterocycles. The predicted octanol–water partition coefficient (Wildman–Crippen LogP) is 2.84. The summed E-state index contributed by atoms with van der Waals surface area (Å²) in [6.07, 6.45) is 2.51. The fourth-order valence-electron chi connectivity index (χ4n) is 2.79. The minimum Gasteiger partial charge on any atom is -0.451 e. The fourth-order valence-corrected chi connectivity index (χ4v) is 2.79. The number of hydrogen-bond donors (Lipinski definition) is 1. The molecule has 0 amide bonds. The van der Waals surface area contributed by atoms with Crippen LogP contribution in [0.5, 0.6) is 11.5 Å². The third-order valence-corrected chi connectivity index (χ3v) is 4.35. The van der Waals surface area contributed by atoms with Gasteiger partial charge in [-0.2, -0.15) is 14.0 Å². The van der Waals surface area contributed by atoms with E-state index in [1.54, 1.807) is 0 Å². The van der Waals surface area contributed by atoms with E-state index >= 15 is 0 Å². The zero-order valence-corrected chi connectivity index (χ0v) is 14.8. The summed E-state index contributed by atoms with van der Waals surface area (Å²) in [5.74, 6) is -7.54. The second-order valence-corrected chi connectivity index (χ2v) is 6.21. The molecule has 1 aliphatic heterocycles. The number of nitrogens with zero attached hydrogens (tertiary/aromatic N) is 1. The van der Waals surface area contributed by atoms with Gasteiger partial charge in [-0.05, 0) is 36.4 Å². The fraction of sp³-hybridized carbons (Fsp3) is 0.250. The Morgan fingerprint density at radius 1 is 1.00 bits per heavy atom. The second kappa shape index (κ2) is 8.87. The lowest BCUT2D eigenvalue weighted by Crippen LogP contribution is -3.13. The van der Waals surface area contributed by atoms with Gasteiger partial charge in [0.25, 0.3) is 0 Å². The van der Waals surface area contributed by atoms with Crippen LogP contribution in [0.1, 0.15) is 11.1 Å². The Bertz CT molecular complexity index is 888. The average molecular weight is 393 g/mol. The van der Waals surface area contributed by atoms with Crippen molar-refractivity contribution < 1.29 is 31.9 Å². The van der Waals surface area contributed by atoms with Crippen molar-refractivity contribution in [3.63, 3.8) is 0 Å². The summed E-state index contributed by atoms with van der Waals surface area (Å²) < 4.78 is 67.4. The van der Waals surface area contributed by atoms with Crippen molar-refractivity contribution in [2.45, 2.75) is 0 Å². The molecule has 0 spiro atoms. The van der Waals surface area contributed by atoms with Crippen molar-refractivity contribution in [1.29, 1.82) is 5.26 Å². The normalized spacial score (nSPS) is 15.0. The Morgan fingerprint density at radius 3 is 2.18 bits per heavy atom. The molecule has 1 fully saturated rings. The number of benzene rings is 2. The molecule has 4 nitrogen and oxygen atoms in total. The molecule has 2 aromatic carbocycles. The first kappa shape index (κ1) is 19.9. The Balaban J connectivity index is 1.82. The zero-order chi connectivity index (χ0) is 20.1. The van der Waals surface area contributed by atoms with Crippen LogP contribution in [0.25, 0.3) is 6.08 Å². The summed E-state index contributed by atoms with van der Waals surface area (Å²) >= 11 is 0. The quantitative estimate of drug-likeness (QED) is 0.628. The molecule has 3 rings (SSSR count). The summed E-state index contributed by atoms with van der Waals surface area (Å²) in [7, 11) is 0. The second-order valence-electron chi connectivity index (χ2n) is 6.21. The number of rotatable bonds is 5. The van der Waals surface area contributed by atoms with E-state index in [2.05, 4.69) is 0 Å². The average Bonchev–Trinajstić information content (AvgIpc) is 2.73. The van der Waals surface area contributed by atoms with Gasteiger partial charge in [0.15, 0.2) is 11.6 Å². The van der Waals surface area contributed by atoms with E-state index < -0.39 is 34.6 Å². The first-order chi connectivity index (χ1) is 13.5. The van der Waals surface area contributed by atoms with Crippen LogP contribution < -0.4 is 9.64 Å². The maximum absolute atomic E-state index is 14.3. The molecule has 1 heterocycles. The van der Waals surface area contributed by atoms with E-state index in [9.17, 15) is 17.6 Å². The first-order valence-electron chi connectivity index (χ1n) is 8.63. The molecule has 146 valence electrons. The van der Waals surface area contributed by atoms with Gasteiger partial charge in [0.1, 0.15) is 18.8 Å². The number of ether oxygens (including phenoxy) is 2. The number of nitriles is 1. The van der Waals surface area contributed by atoms with Crippen LogP contribution in [0.4, 0.5) is 17.6 Å². The van der Waals surface area contributed by atoms with E-state index in [0.29, 0.717) is 25.3 Å². The monoisotopic (exact) mass is 393 g/mol. The van der Waals surface area contributed by atoms with E-state index in [4.69, 9.17) is 14.7 Å². The predicted molar refractivity (Wildman–Crippen MR) is 92.9 cm³/mol. The van der Waals surface area contributed by atoms with Crippen LogP contribution >= 0.6 is 0 Å². The molecule has 2 aromatic rings. The van der Waals surface area contributed by atoms with Gasteiger partial charge >= 0.3 is 0 Å². The lowest BCUT2D eigenvalue weighted by Gasteiger charge is -2.22. The van der Waals surface area contributed by atoms with E-state index in [-0.39, 0.29) is 5.75 Å². The zero-order valence-electron chi connectivity index (χ0n) is 14.8. The highest BCUT2D eigenvalue weighted by molar-refractivity contribution is 5.54. The molecule has 0 saturated carbocycles. The van der Waals surface area contributed by atoms with Crippen molar-refractivity contribution >= 4 is 6.08 Å². The molecular formula is C20H17F4N2O2+. The van der Waals surface area contributed by atoms with E-state index in [1.807, 2.05) is 6.07 Å². The third kappa shape index (κ3) is 4.32. The Morgan fingerprint density at radius 2 is 1.61 bits per heavy atom. The van der Waals surface area contributed by atoms with Gasteiger partial charge in [-0.25, -0.2) is 8.78 Å². The van der Waals surface area contributed by atoms with Crippen LogP contribution in [0.15, 0.2) is 30.3 Å². The molecule has 0 bridgehead atoms. The smallest absolute Gasteiger partial charge is 0.205 e. The van der Waals surface area contributed by atoms with Crippen LogP contribution in [-0.4, -0.2) is 32.8 Å². The van der Waals surface area contributed by atoms with Gasteiger partial charge in [0.05, 0.1) is 37.0 Å². The van der Waals surface area contributed by atoms with Crippen molar-refractivity contribution in [3.8, 4) is 17.6 Å². The lowest BCUT2D eigenvalue weighted by atomic mass is 10.1. The molecule has 8 heteroatoms. The molecule has 0 atom stereocenters. The van der Waals surface area contributed by atoms with Gasteiger partial charge < -0.3 is 14.4 Å². The SMILES string of the molecule is N#Cc1ccc(Oc2c(F)c(F)c(/C=C/C[NH+]3CCOCC3)c(F)c2F)cc1. The van der Waals surface area contributed by atoms with Crippen molar-refractivity contribution in [2.75, 3.05) is 32.8 Å². The van der Waals surface area contributed by atoms with Gasteiger partial charge in [-0.15, -0.1) is 0 Å². The van der Waals surface area contributed by atoms with Gasteiger partial charge in [0, 0.05) is 0 Å². The molecule has 0 radical (unpaired) electrons. The first-order valence-corrected chi connectivity index (χ1v) is 8.63. The van der Waals surface area contributed by atoms with E-state index in [0.717, 1.165) is 24.1 Å². The molecule has 1 aliphatic rings. The van der Waals surface area contributed by atoms with Crippen molar-refractivity contribution in [2.24, 2.45) is 0 Å². The van der Waals surface area contributed by atoms with Crippen LogP contribution in [0.3, 0.4) is 0 Å². The van der Waals surface area contributed by atoms with Gasteiger partial charge in [-0.1, -0.05) is 0 Å². The number of nitrogens with one attached hydrogen (secondary N) is 1. The summed E-state index contributed by atoms with van der Waals surface area (Å²) in [6, 6.07) is 7.11. The molecule has 0 aliphatic carbocycles. The maximum Gasteiger partial charge on any atom is 0.205 e. The van der Waals surface area contributed by atoms with Crippen molar-refractivity contribution in [3.05, 3.63) is 64.7 Å². The Kier molecular flexibility index (Phi) is 6.29. The third-order valence-electron chi connectivity index (χ3n) is 4.35. The van der Waals surface area contributed by atoms with Gasteiger partial charge in [0.2, 0.25) is 17.4 Å². The number of hydrogen-bond acceptors (Lipinski definition) is 3. The Labute approximate surface area is 159 Å². The highest BCUT2D eigenvalue weighted by Gasteiger charge is 2.26. The number of morpholine rings is 1. The minimum absolute atomic E-state index is 0.0604. The minimum atomic E-state index is -1.62. The highest BCUT2D eigenvalue weighted by Crippen LogP contribution is 2.33. The maximum atomic E-state index is 14.3. The topological polar surface area (TPSA) is 46.7 Å².